The van der Waals surface area contributed by atoms with Gasteiger partial charge < -0.3 is 9.64 Å². The average molecular weight is 325 g/mol. The van der Waals surface area contributed by atoms with E-state index in [1.807, 2.05) is 6.07 Å². The first kappa shape index (κ1) is 15.6. The van der Waals surface area contributed by atoms with Crippen LogP contribution < -0.4 is 4.74 Å². The number of rotatable bonds is 3. The van der Waals surface area contributed by atoms with Crippen LogP contribution in [-0.4, -0.2) is 31.1 Å². The molecule has 126 valence electrons. The standard InChI is InChI=1S/C21H24FNO/c1-24-21-9-7-18(14-20(21)22)15-4-5-17-13-19(8-6-16(17)12-15)23-10-2-3-11-23/h4-5,7,9,12,14,19H,2-3,6,8,10-11,13H2,1H3. The van der Waals surface area contributed by atoms with E-state index in [-0.39, 0.29) is 5.82 Å². The minimum Gasteiger partial charge on any atom is -0.494 e. The molecule has 0 N–H and O–H groups in total. The molecule has 2 nitrogen and oxygen atoms in total. The van der Waals surface area contributed by atoms with E-state index in [9.17, 15) is 4.39 Å². The number of hydrogen-bond donors (Lipinski definition) is 0. The molecule has 0 amide bonds. The van der Waals surface area contributed by atoms with Crippen LogP contribution in [0.2, 0.25) is 0 Å². The van der Waals surface area contributed by atoms with Crippen molar-refractivity contribution in [2.24, 2.45) is 0 Å². The summed E-state index contributed by atoms with van der Waals surface area (Å²) in [5.41, 5.74) is 4.91. The first-order valence-electron chi connectivity index (χ1n) is 8.94. The van der Waals surface area contributed by atoms with Gasteiger partial charge in [0.05, 0.1) is 7.11 Å². The van der Waals surface area contributed by atoms with E-state index in [2.05, 4.69) is 23.1 Å². The molecule has 0 spiro atoms. The second-order valence-electron chi connectivity index (χ2n) is 6.97. The summed E-state index contributed by atoms with van der Waals surface area (Å²) in [5.74, 6) is -0.00742. The highest BCUT2D eigenvalue weighted by molar-refractivity contribution is 5.66. The maximum atomic E-state index is 14.0. The SMILES string of the molecule is COc1ccc(-c2ccc3c(c2)CCC(N2CCCC2)C3)cc1F. The van der Waals surface area contributed by atoms with Gasteiger partial charge in [-0.25, -0.2) is 4.39 Å². The van der Waals surface area contributed by atoms with Crippen LogP contribution in [0.4, 0.5) is 4.39 Å². The number of likely N-dealkylation sites (tertiary alicyclic amines) is 1. The topological polar surface area (TPSA) is 12.5 Å². The number of hydrogen-bond acceptors (Lipinski definition) is 2. The van der Waals surface area contributed by atoms with Crippen LogP contribution in [0.25, 0.3) is 11.1 Å². The van der Waals surface area contributed by atoms with Gasteiger partial charge in [-0.2, -0.15) is 0 Å². The fourth-order valence-corrected chi connectivity index (χ4v) is 4.18. The smallest absolute Gasteiger partial charge is 0.165 e. The zero-order chi connectivity index (χ0) is 16.5. The number of aryl methyl sites for hydroxylation is 1. The summed E-state index contributed by atoms with van der Waals surface area (Å²) in [7, 11) is 1.49. The van der Waals surface area contributed by atoms with Gasteiger partial charge in [0.15, 0.2) is 11.6 Å². The molecule has 1 unspecified atom stereocenters. The molecule has 2 aliphatic rings. The van der Waals surface area contributed by atoms with Gasteiger partial charge in [-0.1, -0.05) is 24.3 Å². The third-order valence-corrected chi connectivity index (χ3v) is 5.55. The lowest BCUT2D eigenvalue weighted by Crippen LogP contribution is -2.37. The number of fused-ring (bicyclic) bond motifs is 1. The van der Waals surface area contributed by atoms with E-state index in [0.717, 1.165) is 24.0 Å². The van der Waals surface area contributed by atoms with Crippen molar-refractivity contribution >= 4 is 0 Å². The van der Waals surface area contributed by atoms with Crippen molar-refractivity contribution in [1.29, 1.82) is 0 Å². The maximum absolute atomic E-state index is 14.0. The molecule has 1 heterocycles. The normalized spacial score (nSPS) is 20.8. The van der Waals surface area contributed by atoms with Crippen LogP contribution in [0.1, 0.15) is 30.4 Å². The summed E-state index contributed by atoms with van der Waals surface area (Å²) in [6, 6.07) is 12.5. The van der Waals surface area contributed by atoms with Crippen molar-refractivity contribution in [2.75, 3.05) is 20.2 Å². The summed E-state index contributed by atoms with van der Waals surface area (Å²) in [6.07, 6.45) is 6.24. The molecular weight excluding hydrogens is 301 g/mol. The Morgan fingerprint density at radius 1 is 1.00 bits per heavy atom. The van der Waals surface area contributed by atoms with Crippen LogP contribution in [0.3, 0.4) is 0 Å². The van der Waals surface area contributed by atoms with E-state index < -0.39 is 0 Å². The lowest BCUT2D eigenvalue weighted by molar-refractivity contribution is 0.222. The lowest BCUT2D eigenvalue weighted by Gasteiger charge is -2.32. The van der Waals surface area contributed by atoms with Crippen molar-refractivity contribution in [3.05, 3.63) is 53.3 Å². The van der Waals surface area contributed by atoms with Gasteiger partial charge in [-0.05, 0) is 79.6 Å². The van der Waals surface area contributed by atoms with Gasteiger partial charge in [0, 0.05) is 6.04 Å². The summed E-state index contributed by atoms with van der Waals surface area (Å²) < 4.78 is 19.0. The van der Waals surface area contributed by atoms with E-state index in [4.69, 9.17) is 4.74 Å². The third-order valence-electron chi connectivity index (χ3n) is 5.55. The minimum atomic E-state index is -0.304. The second kappa shape index (κ2) is 6.56. The average Bonchev–Trinajstić information content (AvgIpc) is 3.15. The maximum Gasteiger partial charge on any atom is 0.165 e. The zero-order valence-electron chi connectivity index (χ0n) is 14.2. The number of ether oxygens (including phenoxy) is 1. The monoisotopic (exact) mass is 325 g/mol. The van der Waals surface area contributed by atoms with Gasteiger partial charge in [-0.15, -0.1) is 0 Å². The summed E-state index contributed by atoms with van der Waals surface area (Å²) in [4.78, 5) is 2.66. The molecule has 1 atom stereocenters. The highest BCUT2D eigenvalue weighted by atomic mass is 19.1. The lowest BCUT2D eigenvalue weighted by atomic mass is 9.85. The van der Waals surface area contributed by atoms with Crippen molar-refractivity contribution in [3.8, 4) is 16.9 Å². The summed E-state index contributed by atoms with van der Waals surface area (Å²) in [5, 5.41) is 0. The van der Waals surface area contributed by atoms with Crippen LogP contribution in [0.15, 0.2) is 36.4 Å². The van der Waals surface area contributed by atoms with Crippen molar-refractivity contribution in [3.63, 3.8) is 0 Å². The summed E-state index contributed by atoms with van der Waals surface area (Å²) in [6.45, 7) is 2.53. The zero-order valence-corrected chi connectivity index (χ0v) is 14.2. The van der Waals surface area contributed by atoms with Crippen LogP contribution >= 0.6 is 0 Å². The van der Waals surface area contributed by atoms with Crippen molar-refractivity contribution in [2.45, 2.75) is 38.1 Å². The Morgan fingerprint density at radius 3 is 2.50 bits per heavy atom. The Labute approximate surface area is 143 Å². The van der Waals surface area contributed by atoms with E-state index in [1.165, 1.54) is 50.6 Å². The van der Waals surface area contributed by atoms with Gasteiger partial charge in [0.1, 0.15) is 0 Å². The Hall–Kier alpha value is -1.87. The quantitative estimate of drug-likeness (QED) is 0.826. The number of nitrogens with zero attached hydrogens (tertiary/aromatic N) is 1. The molecule has 0 radical (unpaired) electrons. The largest absolute Gasteiger partial charge is 0.494 e. The third kappa shape index (κ3) is 2.93. The number of methoxy groups -OCH3 is 1. The molecule has 3 heteroatoms. The Balaban J connectivity index is 1.57. The van der Waals surface area contributed by atoms with Crippen LogP contribution in [-0.2, 0) is 12.8 Å². The highest BCUT2D eigenvalue weighted by Gasteiger charge is 2.26. The molecule has 4 rings (SSSR count). The fourth-order valence-electron chi connectivity index (χ4n) is 4.18. The molecular formula is C21H24FNO. The molecule has 0 bridgehead atoms. The molecule has 2 aromatic rings. The number of halogens is 1. The predicted molar refractivity (Wildman–Crippen MR) is 95.0 cm³/mol. The van der Waals surface area contributed by atoms with E-state index in [0.29, 0.717) is 11.8 Å². The van der Waals surface area contributed by atoms with Crippen LogP contribution in [0, 0.1) is 5.82 Å². The highest BCUT2D eigenvalue weighted by Crippen LogP contribution is 2.31. The first-order chi connectivity index (χ1) is 11.7. The molecule has 1 aliphatic carbocycles. The van der Waals surface area contributed by atoms with Crippen molar-refractivity contribution < 1.29 is 9.13 Å². The molecule has 1 saturated heterocycles. The first-order valence-corrected chi connectivity index (χ1v) is 8.94. The predicted octanol–water partition coefficient (Wildman–Crippen LogP) is 4.45. The fraction of sp³-hybridized carbons (Fsp3) is 0.429. The van der Waals surface area contributed by atoms with Crippen LogP contribution in [0.5, 0.6) is 5.75 Å². The molecule has 0 saturated carbocycles. The molecule has 2 aromatic carbocycles. The molecule has 1 aliphatic heterocycles. The summed E-state index contributed by atoms with van der Waals surface area (Å²) >= 11 is 0. The van der Waals surface area contributed by atoms with E-state index in [1.54, 1.807) is 12.1 Å². The minimum absolute atomic E-state index is 0.296. The van der Waals surface area contributed by atoms with Gasteiger partial charge >= 0.3 is 0 Å². The molecule has 0 aromatic heterocycles. The molecule has 24 heavy (non-hydrogen) atoms. The van der Waals surface area contributed by atoms with Gasteiger partial charge in [0.25, 0.3) is 0 Å². The number of benzene rings is 2. The van der Waals surface area contributed by atoms with E-state index >= 15 is 0 Å². The van der Waals surface area contributed by atoms with Gasteiger partial charge in [-0.3, -0.25) is 0 Å². The van der Waals surface area contributed by atoms with Crippen molar-refractivity contribution in [1.82, 2.24) is 4.90 Å². The second-order valence-corrected chi connectivity index (χ2v) is 6.97. The Kier molecular flexibility index (Phi) is 4.28. The van der Waals surface area contributed by atoms with Gasteiger partial charge in [0.2, 0.25) is 0 Å². The molecule has 1 fully saturated rings. The Morgan fingerprint density at radius 2 is 1.75 bits per heavy atom. The Bertz CT molecular complexity index is 737.